The Morgan fingerprint density at radius 1 is 0.971 bits per heavy atom. The maximum Gasteiger partial charge on any atom is 0.251 e. The van der Waals surface area contributed by atoms with Crippen molar-refractivity contribution in [2.75, 3.05) is 30.3 Å². The second kappa shape index (κ2) is 10.2. The smallest absolute Gasteiger partial charge is 0.251 e. The molecule has 3 aromatic rings. The molecule has 178 valence electrons. The molecule has 0 unspecified atom stereocenters. The molecule has 1 amide bonds. The van der Waals surface area contributed by atoms with Gasteiger partial charge in [0.05, 0.1) is 18.5 Å². The summed E-state index contributed by atoms with van der Waals surface area (Å²) in [6, 6.07) is 22.1. The van der Waals surface area contributed by atoms with Crippen LogP contribution in [0.1, 0.15) is 34.3 Å². The van der Waals surface area contributed by atoms with Crippen molar-refractivity contribution in [3.63, 3.8) is 0 Å². The van der Waals surface area contributed by atoms with Gasteiger partial charge in [0, 0.05) is 18.2 Å². The minimum atomic E-state index is -3.56. The third-order valence-electron chi connectivity index (χ3n) is 5.69. The van der Waals surface area contributed by atoms with E-state index in [1.54, 1.807) is 42.5 Å². The van der Waals surface area contributed by atoms with Crippen LogP contribution in [0.15, 0.2) is 72.8 Å². The second-order valence-electron chi connectivity index (χ2n) is 8.32. The van der Waals surface area contributed by atoms with Gasteiger partial charge in [-0.2, -0.15) is 0 Å². The normalized spacial score (nSPS) is 13.7. The zero-order valence-electron chi connectivity index (χ0n) is 19.2. The first kappa shape index (κ1) is 23.6. The summed E-state index contributed by atoms with van der Waals surface area (Å²) in [5, 5.41) is 2.97. The topological polar surface area (TPSA) is 84.9 Å². The number of anilines is 1. The summed E-state index contributed by atoms with van der Waals surface area (Å²) >= 11 is 0. The number of rotatable bonds is 8. The van der Waals surface area contributed by atoms with Gasteiger partial charge in [-0.1, -0.05) is 49.4 Å². The van der Waals surface area contributed by atoms with Crippen molar-refractivity contribution < 1.29 is 22.7 Å². The minimum Gasteiger partial charge on any atom is -0.486 e. The van der Waals surface area contributed by atoms with Crippen LogP contribution in [0.25, 0.3) is 0 Å². The van der Waals surface area contributed by atoms with Crippen LogP contribution >= 0.6 is 0 Å². The lowest BCUT2D eigenvalue weighted by Gasteiger charge is -2.25. The Labute approximate surface area is 200 Å². The lowest BCUT2D eigenvalue weighted by Crippen LogP contribution is -2.30. The van der Waals surface area contributed by atoms with Crippen LogP contribution < -0.4 is 19.1 Å². The number of nitrogens with one attached hydrogen (secondary N) is 1. The number of amides is 1. The molecule has 8 heteroatoms. The predicted octanol–water partition coefficient (Wildman–Crippen LogP) is 3.96. The number of fused-ring (bicyclic) bond motifs is 1. The molecule has 1 aliphatic heterocycles. The first-order chi connectivity index (χ1) is 16.3. The third kappa shape index (κ3) is 5.69. The van der Waals surface area contributed by atoms with Gasteiger partial charge in [0.1, 0.15) is 13.2 Å². The van der Waals surface area contributed by atoms with E-state index in [1.165, 1.54) is 10.6 Å². The number of hydrogen-bond donors (Lipinski definition) is 1. The largest absolute Gasteiger partial charge is 0.486 e. The van der Waals surface area contributed by atoms with Gasteiger partial charge in [-0.3, -0.25) is 9.10 Å². The standard InChI is InChI=1S/C26H28N2O5S/c1-19(21-6-4-3-5-7-21)17-27-26(29)22-10-8-20(9-11-22)18-28(34(2,30)31)23-12-13-24-25(16-23)33-15-14-32-24/h3-13,16,19H,14-15,17-18H2,1-2H3,(H,27,29)/t19-/m1/s1. The summed E-state index contributed by atoms with van der Waals surface area (Å²) in [6.07, 6.45) is 1.17. The zero-order valence-corrected chi connectivity index (χ0v) is 20.0. The van der Waals surface area contributed by atoms with Gasteiger partial charge in [-0.15, -0.1) is 0 Å². The third-order valence-corrected chi connectivity index (χ3v) is 6.83. The van der Waals surface area contributed by atoms with Crippen molar-refractivity contribution in [2.45, 2.75) is 19.4 Å². The van der Waals surface area contributed by atoms with Gasteiger partial charge < -0.3 is 14.8 Å². The summed E-state index contributed by atoms with van der Waals surface area (Å²) in [5.74, 6) is 1.15. The van der Waals surface area contributed by atoms with Crippen LogP contribution in [0.4, 0.5) is 5.69 Å². The summed E-state index contributed by atoms with van der Waals surface area (Å²) < 4.78 is 37.5. The molecule has 34 heavy (non-hydrogen) atoms. The van der Waals surface area contributed by atoms with Gasteiger partial charge in [0.2, 0.25) is 10.0 Å². The predicted molar refractivity (Wildman–Crippen MR) is 132 cm³/mol. The number of ether oxygens (including phenoxy) is 2. The fourth-order valence-corrected chi connectivity index (χ4v) is 4.64. The monoisotopic (exact) mass is 480 g/mol. The average molecular weight is 481 g/mol. The maximum atomic E-state index is 12.6. The van der Waals surface area contributed by atoms with Crippen molar-refractivity contribution in [1.29, 1.82) is 0 Å². The fourth-order valence-electron chi connectivity index (χ4n) is 3.76. The molecule has 4 rings (SSSR count). The Morgan fingerprint density at radius 3 is 2.32 bits per heavy atom. The molecule has 0 saturated heterocycles. The molecular weight excluding hydrogens is 452 g/mol. The van der Waals surface area contributed by atoms with E-state index < -0.39 is 10.0 Å². The van der Waals surface area contributed by atoms with Crippen molar-refractivity contribution in [2.24, 2.45) is 0 Å². The van der Waals surface area contributed by atoms with Crippen molar-refractivity contribution in [3.8, 4) is 11.5 Å². The molecule has 1 N–H and O–H groups in total. The van der Waals surface area contributed by atoms with E-state index in [-0.39, 0.29) is 18.4 Å². The van der Waals surface area contributed by atoms with Crippen LogP contribution in [-0.4, -0.2) is 40.3 Å². The number of sulfonamides is 1. The van der Waals surface area contributed by atoms with E-state index in [0.717, 1.165) is 11.1 Å². The first-order valence-electron chi connectivity index (χ1n) is 11.1. The van der Waals surface area contributed by atoms with Crippen LogP contribution in [0, 0.1) is 0 Å². The molecule has 1 aliphatic rings. The Balaban J connectivity index is 1.43. The Hall–Kier alpha value is -3.52. The summed E-state index contributed by atoms with van der Waals surface area (Å²) in [7, 11) is -3.56. The van der Waals surface area contributed by atoms with E-state index in [0.29, 0.717) is 42.5 Å². The molecule has 0 fully saturated rings. The Bertz CT molecular complexity index is 1240. The highest BCUT2D eigenvalue weighted by Crippen LogP contribution is 2.35. The van der Waals surface area contributed by atoms with Gasteiger partial charge in [-0.25, -0.2) is 8.42 Å². The van der Waals surface area contributed by atoms with Crippen LogP contribution in [0.2, 0.25) is 0 Å². The molecule has 0 radical (unpaired) electrons. The second-order valence-corrected chi connectivity index (χ2v) is 10.2. The van der Waals surface area contributed by atoms with E-state index in [4.69, 9.17) is 9.47 Å². The molecule has 0 bridgehead atoms. The first-order valence-corrected chi connectivity index (χ1v) is 13.0. The average Bonchev–Trinajstić information content (AvgIpc) is 2.85. The van der Waals surface area contributed by atoms with E-state index in [2.05, 4.69) is 12.2 Å². The molecule has 3 aromatic carbocycles. The van der Waals surface area contributed by atoms with Crippen molar-refractivity contribution in [3.05, 3.63) is 89.5 Å². The van der Waals surface area contributed by atoms with Crippen LogP contribution in [-0.2, 0) is 16.6 Å². The van der Waals surface area contributed by atoms with Crippen molar-refractivity contribution in [1.82, 2.24) is 5.32 Å². The molecule has 0 aliphatic carbocycles. The Morgan fingerprint density at radius 2 is 1.65 bits per heavy atom. The molecule has 1 atom stereocenters. The van der Waals surface area contributed by atoms with Gasteiger partial charge >= 0.3 is 0 Å². The molecule has 1 heterocycles. The lowest BCUT2D eigenvalue weighted by atomic mass is 10.0. The van der Waals surface area contributed by atoms with E-state index in [9.17, 15) is 13.2 Å². The molecular formula is C26H28N2O5S. The van der Waals surface area contributed by atoms with E-state index in [1.807, 2.05) is 30.3 Å². The van der Waals surface area contributed by atoms with Crippen LogP contribution in [0.3, 0.4) is 0 Å². The number of nitrogens with zero attached hydrogens (tertiary/aromatic N) is 1. The van der Waals surface area contributed by atoms with E-state index >= 15 is 0 Å². The van der Waals surface area contributed by atoms with Gasteiger partial charge in [0.15, 0.2) is 11.5 Å². The quantitative estimate of drug-likeness (QED) is 0.528. The van der Waals surface area contributed by atoms with Crippen LogP contribution in [0.5, 0.6) is 11.5 Å². The highest BCUT2D eigenvalue weighted by Gasteiger charge is 2.21. The molecule has 0 saturated carbocycles. The summed E-state index contributed by atoms with van der Waals surface area (Å²) in [4.78, 5) is 12.6. The molecule has 7 nitrogen and oxygen atoms in total. The fraction of sp³-hybridized carbons (Fsp3) is 0.269. The number of benzene rings is 3. The highest BCUT2D eigenvalue weighted by atomic mass is 32.2. The molecule has 0 spiro atoms. The summed E-state index contributed by atoms with van der Waals surface area (Å²) in [6.45, 7) is 3.61. The summed E-state index contributed by atoms with van der Waals surface area (Å²) in [5.41, 5.74) is 2.94. The maximum absolute atomic E-state index is 12.6. The Kier molecular flexibility index (Phi) is 7.07. The number of hydrogen-bond acceptors (Lipinski definition) is 5. The zero-order chi connectivity index (χ0) is 24.1. The highest BCUT2D eigenvalue weighted by molar-refractivity contribution is 7.92. The molecule has 0 aromatic heterocycles. The number of carbonyl (C=O) groups is 1. The van der Waals surface area contributed by atoms with Gasteiger partial charge in [-0.05, 0) is 41.3 Å². The minimum absolute atomic E-state index is 0.130. The number of carbonyl (C=O) groups excluding carboxylic acids is 1. The van der Waals surface area contributed by atoms with Crippen molar-refractivity contribution >= 4 is 21.6 Å². The SMILES string of the molecule is C[C@H](CNC(=O)c1ccc(CN(c2ccc3c(c2)OCCO3)S(C)(=O)=O)cc1)c1ccccc1. The van der Waals surface area contributed by atoms with Gasteiger partial charge in [0.25, 0.3) is 5.91 Å². The lowest BCUT2D eigenvalue weighted by molar-refractivity contribution is 0.0951.